The van der Waals surface area contributed by atoms with Gasteiger partial charge in [0.2, 0.25) is 0 Å². The van der Waals surface area contributed by atoms with Crippen molar-refractivity contribution in [2.45, 2.75) is 33.0 Å². The lowest BCUT2D eigenvalue weighted by Gasteiger charge is -2.21. The van der Waals surface area contributed by atoms with E-state index in [1.54, 1.807) is 0 Å². The first-order valence-corrected chi connectivity index (χ1v) is 4.49. The molecule has 1 aromatic heterocycles. The van der Waals surface area contributed by atoms with Crippen molar-refractivity contribution in [3.05, 3.63) is 34.3 Å². The van der Waals surface area contributed by atoms with Crippen LogP contribution in [0.1, 0.15) is 35.3 Å². The van der Waals surface area contributed by atoms with E-state index in [0.717, 1.165) is 0 Å². The Morgan fingerprint density at radius 3 is 2.27 bits per heavy atom. The SMILES string of the molecule is Cc1cnc([C@@H](C)[NH-])c(C)c1C(F)(F)F. The monoisotopic (exact) mass is 217 g/mol. The molecule has 0 radical (unpaired) electrons. The third kappa shape index (κ3) is 2.28. The Hall–Kier alpha value is -1.10. The van der Waals surface area contributed by atoms with Crippen LogP contribution in [0.5, 0.6) is 0 Å². The molecule has 2 nitrogen and oxygen atoms in total. The van der Waals surface area contributed by atoms with Crippen LogP contribution in [-0.2, 0) is 6.18 Å². The first kappa shape index (κ1) is 12.0. The van der Waals surface area contributed by atoms with Gasteiger partial charge in [-0.15, -0.1) is 0 Å². The fourth-order valence-corrected chi connectivity index (χ4v) is 1.62. The number of hydrogen-bond donors (Lipinski definition) is 0. The van der Waals surface area contributed by atoms with Crippen LogP contribution in [0.3, 0.4) is 0 Å². The molecule has 0 bridgehead atoms. The zero-order valence-electron chi connectivity index (χ0n) is 8.74. The summed E-state index contributed by atoms with van der Waals surface area (Å²) in [6, 6.07) is -0.744. The Bertz CT molecular complexity index is 370. The van der Waals surface area contributed by atoms with Crippen molar-refractivity contribution in [3.63, 3.8) is 0 Å². The topological polar surface area (TPSA) is 36.7 Å². The summed E-state index contributed by atoms with van der Waals surface area (Å²) in [5.41, 5.74) is 7.09. The fraction of sp³-hybridized carbons (Fsp3) is 0.500. The van der Waals surface area contributed by atoms with Gasteiger partial charge < -0.3 is 5.73 Å². The van der Waals surface area contributed by atoms with Crippen LogP contribution >= 0.6 is 0 Å². The van der Waals surface area contributed by atoms with Gasteiger partial charge in [0.15, 0.2) is 0 Å². The summed E-state index contributed by atoms with van der Waals surface area (Å²) in [5.74, 6) is 0. The van der Waals surface area contributed by atoms with Crippen molar-refractivity contribution in [2.24, 2.45) is 0 Å². The molecule has 0 aliphatic rings. The van der Waals surface area contributed by atoms with Crippen LogP contribution in [0.15, 0.2) is 6.20 Å². The molecule has 1 atom stereocenters. The number of nitrogens with one attached hydrogen (secondary N) is 1. The minimum absolute atomic E-state index is 0.0602. The van der Waals surface area contributed by atoms with Gasteiger partial charge >= 0.3 is 6.18 Å². The van der Waals surface area contributed by atoms with Crippen molar-refractivity contribution in [2.75, 3.05) is 0 Å². The standard InChI is InChI=1S/C10H12F3N2/c1-5-4-15-9(7(3)14)6(2)8(5)10(11,12)13/h4,7,14H,1-3H3/q-1/t7-/m1/s1. The molecular formula is C10H12F3N2-. The van der Waals surface area contributed by atoms with Crippen LogP contribution in [0.25, 0.3) is 5.73 Å². The zero-order valence-corrected chi connectivity index (χ0v) is 8.74. The normalized spacial score (nSPS) is 14.1. The number of aromatic nitrogens is 1. The van der Waals surface area contributed by atoms with E-state index < -0.39 is 17.8 Å². The van der Waals surface area contributed by atoms with E-state index in [1.807, 2.05) is 0 Å². The number of aryl methyl sites for hydroxylation is 1. The summed E-state index contributed by atoms with van der Waals surface area (Å²) in [4.78, 5) is 3.86. The number of hydrogen-bond acceptors (Lipinski definition) is 1. The highest BCUT2D eigenvalue weighted by atomic mass is 19.4. The van der Waals surface area contributed by atoms with Gasteiger partial charge in [-0.3, -0.25) is 4.98 Å². The predicted octanol–water partition coefficient (Wildman–Crippen LogP) is 3.83. The fourth-order valence-electron chi connectivity index (χ4n) is 1.62. The molecule has 0 saturated heterocycles. The maximum Gasteiger partial charge on any atom is 0.417 e. The molecule has 84 valence electrons. The van der Waals surface area contributed by atoms with Crippen molar-refractivity contribution >= 4 is 0 Å². The van der Waals surface area contributed by atoms with Gasteiger partial charge in [-0.25, -0.2) is 0 Å². The van der Waals surface area contributed by atoms with Crippen LogP contribution in [0, 0.1) is 13.8 Å². The average molecular weight is 217 g/mol. The Balaban J connectivity index is 3.44. The van der Waals surface area contributed by atoms with Gasteiger partial charge in [0.05, 0.1) is 5.56 Å². The van der Waals surface area contributed by atoms with Gasteiger partial charge in [-0.1, -0.05) is 13.0 Å². The van der Waals surface area contributed by atoms with Crippen LogP contribution in [-0.4, -0.2) is 4.98 Å². The maximum atomic E-state index is 12.7. The molecule has 0 aromatic carbocycles. The first-order valence-electron chi connectivity index (χ1n) is 4.49. The lowest BCUT2D eigenvalue weighted by atomic mass is 10.00. The van der Waals surface area contributed by atoms with Gasteiger partial charge in [0, 0.05) is 11.9 Å². The molecule has 0 unspecified atom stereocenters. The van der Waals surface area contributed by atoms with Crippen molar-refractivity contribution < 1.29 is 13.2 Å². The lowest BCUT2D eigenvalue weighted by molar-refractivity contribution is -0.138. The van der Waals surface area contributed by atoms with Gasteiger partial charge in [-0.2, -0.15) is 13.2 Å². The summed E-state index contributed by atoms with van der Waals surface area (Å²) in [7, 11) is 0. The smallest absolute Gasteiger partial charge is 0.417 e. The summed E-state index contributed by atoms with van der Waals surface area (Å²) in [6.07, 6.45) is -3.20. The molecule has 0 amide bonds. The second-order valence-electron chi connectivity index (χ2n) is 3.55. The summed E-state index contributed by atoms with van der Waals surface area (Å²) in [6.45, 7) is 4.25. The van der Waals surface area contributed by atoms with Gasteiger partial charge in [0.25, 0.3) is 0 Å². The minimum atomic E-state index is -4.37. The second-order valence-corrected chi connectivity index (χ2v) is 3.55. The molecule has 1 heterocycles. The summed E-state index contributed by atoms with van der Waals surface area (Å²) in [5, 5.41) is 0. The van der Waals surface area contributed by atoms with Crippen LogP contribution < -0.4 is 0 Å². The quantitative estimate of drug-likeness (QED) is 0.704. The van der Waals surface area contributed by atoms with Gasteiger partial charge in [0.1, 0.15) is 0 Å². The molecule has 0 aliphatic carbocycles. The highest BCUT2D eigenvalue weighted by molar-refractivity contribution is 5.38. The van der Waals surface area contributed by atoms with E-state index in [2.05, 4.69) is 4.98 Å². The molecule has 15 heavy (non-hydrogen) atoms. The predicted molar refractivity (Wildman–Crippen MR) is 51.4 cm³/mol. The zero-order chi connectivity index (χ0) is 11.8. The van der Waals surface area contributed by atoms with E-state index in [-0.39, 0.29) is 16.8 Å². The molecule has 5 heteroatoms. The average Bonchev–Trinajstić information content (AvgIpc) is 2.00. The Morgan fingerprint density at radius 1 is 1.33 bits per heavy atom. The lowest BCUT2D eigenvalue weighted by Crippen LogP contribution is -2.13. The highest BCUT2D eigenvalue weighted by Crippen LogP contribution is 2.36. The van der Waals surface area contributed by atoms with E-state index in [1.165, 1.54) is 27.0 Å². The highest BCUT2D eigenvalue weighted by Gasteiger charge is 2.35. The second kappa shape index (κ2) is 3.81. The number of nitrogens with zero attached hydrogens (tertiary/aromatic N) is 1. The summed E-state index contributed by atoms with van der Waals surface area (Å²) < 4.78 is 38.0. The van der Waals surface area contributed by atoms with Crippen molar-refractivity contribution in [1.82, 2.24) is 4.98 Å². The minimum Gasteiger partial charge on any atom is -0.670 e. The van der Waals surface area contributed by atoms with Gasteiger partial charge in [-0.05, 0) is 25.0 Å². The number of halogens is 3. The molecule has 0 spiro atoms. The third-order valence-corrected chi connectivity index (χ3v) is 2.24. The van der Waals surface area contributed by atoms with Crippen molar-refractivity contribution in [3.8, 4) is 0 Å². The Kier molecular flexibility index (Phi) is 3.04. The van der Waals surface area contributed by atoms with Crippen LogP contribution in [0.2, 0.25) is 0 Å². The number of pyridine rings is 1. The Morgan fingerprint density at radius 2 is 1.87 bits per heavy atom. The largest absolute Gasteiger partial charge is 0.670 e. The summed E-state index contributed by atoms with van der Waals surface area (Å²) >= 11 is 0. The molecular weight excluding hydrogens is 205 g/mol. The van der Waals surface area contributed by atoms with E-state index in [4.69, 9.17) is 5.73 Å². The van der Waals surface area contributed by atoms with Crippen LogP contribution in [0.4, 0.5) is 13.2 Å². The molecule has 0 aliphatic heterocycles. The molecule has 1 rings (SSSR count). The van der Waals surface area contributed by atoms with E-state index in [0.29, 0.717) is 0 Å². The third-order valence-electron chi connectivity index (χ3n) is 2.24. The molecule has 1 aromatic rings. The maximum absolute atomic E-state index is 12.7. The number of rotatable bonds is 1. The number of alkyl halides is 3. The van der Waals surface area contributed by atoms with E-state index in [9.17, 15) is 13.2 Å². The first-order chi connectivity index (χ1) is 6.75. The molecule has 0 fully saturated rings. The molecule has 1 N–H and O–H groups in total. The van der Waals surface area contributed by atoms with E-state index >= 15 is 0 Å². The Labute approximate surface area is 86.3 Å². The molecule has 0 saturated carbocycles. The van der Waals surface area contributed by atoms with Crippen molar-refractivity contribution in [1.29, 1.82) is 0 Å².